The SMILES string of the molecule is Cc1cccc(N(CCCC(=O)N(Cc2ccccc2F)[C@H](C)C(=O)NC(C)C)S(C)(=O)=O)c1C. The van der Waals surface area contributed by atoms with Gasteiger partial charge < -0.3 is 10.2 Å². The number of aryl methyl sites for hydroxylation is 1. The number of sulfonamides is 1. The Morgan fingerprint density at radius 1 is 1.03 bits per heavy atom. The van der Waals surface area contributed by atoms with E-state index in [1.807, 2.05) is 33.8 Å². The van der Waals surface area contributed by atoms with Crippen LogP contribution in [0.1, 0.15) is 50.3 Å². The van der Waals surface area contributed by atoms with Crippen molar-refractivity contribution in [2.75, 3.05) is 17.1 Å². The molecule has 0 spiro atoms. The predicted molar refractivity (Wildman–Crippen MR) is 137 cm³/mol. The minimum absolute atomic E-state index is 0.00460. The summed E-state index contributed by atoms with van der Waals surface area (Å²) in [5, 5.41) is 2.79. The van der Waals surface area contributed by atoms with E-state index in [1.165, 1.54) is 15.3 Å². The third-order valence-electron chi connectivity index (χ3n) is 5.89. The Balaban J connectivity index is 2.22. The summed E-state index contributed by atoms with van der Waals surface area (Å²) < 4.78 is 40.7. The predicted octanol–water partition coefficient (Wildman–Crippen LogP) is 3.93. The van der Waals surface area contributed by atoms with Crippen molar-refractivity contribution in [1.82, 2.24) is 10.2 Å². The Bertz CT molecular complexity index is 1150. The van der Waals surface area contributed by atoms with Crippen LogP contribution in [0.5, 0.6) is 0 Å². The summed E-state index contributed by atoms with van der Waals surface area (Å²) in [5.74, 6) is -1.15. The third-order valence-corrected chi connectivity index (χ3v) is 7.07. The van der Waals surface area contributed by atoms with Crippen LogP contribution in [0, 0.1) is 19.7 Å². The highest BCUT2D eigenvalue weighted by Crippen LogP contribution is 2.25. The highest BCUT2D eigenvalue weighted by Gasteiger charge is 2.28. The molecule has 0 aliphatic carbocycles. The van der Waals surface area contributed by atoms with Crippen LogP contribution in [0.2, 0.25) is 0 Å². The first-order valence-electron chi connectivity index (χ1n) is 11.7. The molecule has 0 fully saturated rings. The van der Waals surface area contributed by atoms with E-state index in [4.69, 9.17) is 0 Å². The Hall–Kier alpha value is -2.94. The molecule has 35 heavy (non-hydrogen) atoms. The first-order valence-corrected chi connectivity index (χ1v) is 13.5. The van der Waals surface area contributed by atoms with Crippen molar-refractivity contribution in [3.8, 4) is 0 Å². The molecular weight excluding hydrogens is 469 g/mol. The number of rotatable bonds is 11. The van der Waals surface area contributed by atoms with Crippen LogP contribution >= 0.6 is 0 Å². The molecule has 0 bridgehead atoms. The number of carbonyl (C=O) groups is 2. The van der Waals surface area contributed by atoms with E-state index < -0.39 is 21.9 Å². The molecule has 0 aromatic heterocycles. The summed E-state index contributed by atoms with van der Waals surface area (Å²) >= 11 is 0. The van der Waals surface area contributed by atoms with E-state index in [9.17, 15) is 22.4 Å². The molecule has 0 saturated heterocycles. The Morgan fingerprint density at radius 3 is 2.29 bits per heavy atom. The zero-order valence-corrected chi connectivity index (χ0v) is 22.2. The molecule has 2 amide bonds. The Kier molecular flexibility index (Phi) is 9.82. The van der Waals surface area contributed by atoms with E-state index >= 15 is 0 Å². The fourth-order valence-corrected chi connectivity index (χ4v) is 4.80. The lowest BCUT2D eigenvalue weighted by Gasteiger charge is -2.30. The molecule has 9 heteroatoms. The van der Waals surface area contributed by atoms with Gasteiger partial charge in [-0.3, -0.25) is 13.9 Å². The second-order valence-corrected chi connectivity index (χ2v) is 11.0. The standard InChI is InChI=1S/C26H36FN3O4S/c1-18(2)28-26(32)21(5)29(17-22-12-7-8-13-23(22)27)25(31)15-10-16-30(35(6,33)34)24-14-9-11-19(3)20(24)4/h7-9,11-14,18,21H,10,15-17H2,1-6H3,(H,28,32)/t21-/m1/s1. The van der Waals surface area contributed by atoms with Crippen molar-refractivity contribution >= 4 is 27.5 Å². The second kappa shape index (κ2) is 12.2. The number of amides is 2. The number of benzene rings is 2. The van der Waals surface area contributed by atoms with E-state index in [0.29, 0.717) is 11.3 Å². The van der Waals surface area contributed by atoms with E-state index in [1.54, 1.807) is 37.3 Å². The maximum Gasteiger partial charge on any atom is 0.242 e. The molecular formula is C26H36FN3O4S. The number of hydrogen-bond acceptors (Lipinski definition) is 4. The molecule has 0 heterocycles. The van der Waals surface area contributed by atoms with Gasteiger partial charge in [-0.05, 0) is 64.3 Å². The minimum atomic E-state index is -3.58. The highest BCUT2D eigenvalue weighted by atomic mass is 32.2. The normalized spacial score (nSPS) is 12.3. The molecule has 0 saturated carbocycles. The molecule has 1 N–H and O–H groups in total. The molecule has 7 nitrogen and oxygen atoms in total. The molecule has 0 unspecified atom stereocenters. The van der Waals surface area contributed by atoms with Crippen LogP contribution in [0.25, 0.3) is 0 Å². The molecule has 0 radical (unpaired) electrons. The molecule has 2 rings (SSSR count). The fraction of sp³-hybridized carbons (Fsp3) is 0.462. The van der Waals surface area contributed by atoms with Crippen LogP contribution in [0.3, 0.4) is 0 Å². The molecule has 2 aromatic carbocycles. The number of nitrogens with zero attached hydrogens (tertiary/aromatic N) is 2. The molecule has 2 aromatic rings. The summed E-state index contributed by atoms with van der Waals surface area (Å²) in [6.45, 7) is 9.06. The van der Waals surface area contributed by atoms with Gasteiger partial charge in [0.05, 0.1) is 11.9 Å². The topological polar surface area (TPSA) is 86.8 Å². The van der Waals surface area contributed by atoms with Crippen molar-refractivity contribution in [2.45, 2.75) is 66.1 Å². The molecule has 1 atom stereocenters. The summed E-state index contributed by atoms with van der Waals surface area (Å²) in [7, 11) is -3.58. The zero-order valence-electron chi connectivity index (χ0n) is 21.3. The van der Waals surface area contributed by atoms with Crippen LogP contribution in [0.4, 0.5) is 10.1 Å². The Labute approximate surface area is 208 Å². The van der Waals surface area contributed by atoms with E-state index in [-0.39, 0.29) is 43.8 Å². The van der Waals surface area contributed by atoms with Gasteiger partial charge in [-0.25, -0.2) is 12.8 Å². The van der Waals surface area contributed by atoms with Gasteiger partial charge in [0, 0.05) is 31.1 Å². The average Bonchev–Trinajstić information content (AvgIpc) is 2.76. The quantitative estimate of drug-likeness (QED) is 0.501. The second-order valence-electron chi connectivity index (χ2n) is 9.11. The van der Waals surface area contributed by atoms with Crippen LogP contribution in [0.15, 0.2) is 42.5 Å². The lowest BCUT2D eigenvalue weighted by molar-refractivity contribution is -0.140. The summed E-state index contributed by atoms with van der Waals surface area (Å²) in [5.41, 5.74) is 2.70. The number of carbonyl (C=O) groups excluding carboxylic acids is 2. The van der Waals surface area contributed by atoms with Crippen LogP contribution in [-0.4, -0.2) is 50.0 Å². The smallest absolute Gasteiger partial charge is 0.242 e. The largest absolute Gasteiger partial charge is 0.352 e. The number of halogens is 1. The van der Waals surface area contributed by atoms with Crippen LogP contribution in [-0.2, 0) is 26.2 Å². The number of anilines is 1. The van der Waals surface area contributed by atoms with Gasteiger partial charge in [0.2, 0.25) is 21.8 Å². The minimum Gasteiger partial charge on any atom is -0.352 e. The van der Waals surface area contributed by atoms with Gasteiger partial charge >= 0.3 is 0 Å². The summed E-state index contributed by atoms with van der Waals surface area (Å²) in [6, 6.07) is 10.6. The molecule has 0 aliphatic heterocycles. The first kappa shape index (κ1) is 28.3. The van der Waals surface area contributed by atoms with E-state index in [2.05, 4.69) is 5.32 Å². The number of hydrogen-bond donors (Lipinski definition) is 1. The number of nitrogens with one attached hydrogen (secondary N) is 1. The lowest BCUT2D eigenvalue weighted by atomic mass is 10.1. The van der Waals surface area contributed by atoms with Gasteiger partial charge in [0.25, 0.3) is 0 Å². The summed E-state index contributed by atoms with van der Waals surface area (Å²) in [4.78, 5) is 27.2. The average molecular weight is 506 g/mol. The first-order chi connectivity index (χ1) is 16.3. The monoisotopic (exact) mass is 505 g/mol. The van der Waals surface area contributed by atoms with Crippen molar-refractivity contribution in [1.29, 1.82) is 0 Å². The highest BCUT2D eigenvalue weighted by molar-refractivity contribution is 7.92. The van der Waals surface area contributed by atoms with E-state index in [0.717, 1.165) is 17.4 Å². The Morgan fingerprint density at radius 2 is 1.69 bits per heavy atom. The van der Waals surface area contributed by atoms with Crippen molar-refractivity contribution < 1.29 is 22.4 Å². The van der Waals surface area contributed by atoms with Gasteiger partial charge in [-0.2, -0.15) is 0 Å². The van der Waals surface area contributed by atoms with Crippen molar-refractivity contribution in [2.24, 2.45) is 0 Å². The zero-order chi connectivity index (χ0) is 26.3. The molecule has 192 valence electrons. The molecule has 0 aliphatic rings. The van der Waals surface area contributed by atoms with Gasteiger partial charge in [-0.15, -0.1) is 0 Å². The third kappa shape index (κ3) is 7.78. The van der Waals surface area contributed by atoms with Crippen molar-refractivity contribution in [3.63, 3.8) is 0 Å². The van der Waals surface area contributed by atoms with Gasteiger partial charge in [-0.1, -0.05) is 30.3 Å². The lowest BCUT2D eigenvalue weighted by Crippen LogP contribution is -2.49. The maximum atomic E-state index is 14.3. The van der Waals surface area contributed by atoms with Gasteiger partial charge in [0.1, 0.15) is 11.9 Å². The summed E-state index contributed by atoms with van der Waals surface area (Å²) in [6.07, 6.45) is 1.38. The van der Waals surface area contributed by atoms with Crippen LogP contribution < -0.4 is 9.62 Å². The fourth-order valence-electron chi connectivity index (χ4n) is 3.79. The van der Waals surface area contributed by atoms with Crippen molar-refractivity contribution in [3.05, 3.63) is 65.0 Å². The van der Waals surface area contributed by atoms with Gasteiger partial charge in [0.15, 0.2) is 0 Å². The maximum absolute atomic E-state index is 14.3.